The van der Waals surface area contributed by atoms with E-state index in [-0.39, 0.29) is 29.2 Å². The van der Waals surface area contributed by atoms with Crippen molar-refractivity contribution in [3.63, 3.8) is 0 Å². The molecule has 134 valence electrons. The van der Waals surface area contributed by atoms with Crippen LogP contribution in [-0.2, 0) is 9.59 Å². The average molecular weight is 356 g/mol. The van der Waals surface area contributed by atoms with Gasteiger partial charge in [-0.05, 0) is 18.2 Å². The van der Waals surface area contributed by atoms with Crippen LogP contribution in [0.4, 0.5) is 14.5 Å². The molecule has 1 aromatic rings. The van der Waals surface area contributed by atoms with Crippen LogP contribution in [-0.4, -0.2) is 59.1 Å². The van der Waals surface area contributed by atoms with Gasteiger partial charge in [0.25, 0.3) is 18.2 Å². The molecule has 1 aromatic carbocycles. The highest BCUT2D eigenvalue weighted by Crippen LogP contribution is 2.29. The van der Waals surface area contributed by atoms with E-state index in [0.717, 1.165) is 23.1 Å². The smallest absolute Gasteiger partial charge is 0.335 e. The van der Waals surface area contributed by atoms with Crippen molar-refractivity contribution in [3.05, 3.63) is 35.5 Å². The zero-order chi connectivity index (χ0) is 18.6. The van der Waals surface area contributed by atoms with Crippen LogP contribution in [0.1, 0.15) is 10.4 Å². The fourth-order valence-corrected chi connectivity index (χ4v) is 2.09. The molecule has 1 aliphatic rings. The van der Waals surface area contributed by atoms with Gasteiger partial charge in [0.15, 0.2) is 0 Å². The van der Waals surface area contributed by atoms with Gasteiger partial charge in [0.05, 0.1) is 24.4 Å². The van der Waals surface area contributed by atoms with Gasteiger partial charge in [-0.1, -0.05) is 0 Å². The number of amides is 2. The van der Waals surface area contributed by atoms with Crippen LogP contribution in [0, 0.1) is 0 Å². The van der Waals surface area contributed by atoms with Crippen LogP contribution in [0.15, 0.2) is 30.0 Å². The third-order valence-corrected chi connectivity index (χ3v) is 3.19. The molecule has 1 heterocycles. The summed E-state index contributed by atoms with van der Waals surface area (Å²) in [6.07, 6.45) is -1.79. The van der Waals surface area contributed by atoms with Crippen LogP contribution in [0.3, 0.4) is 0 Å². The SMILES string of the molecule is O=C(O)c1ccc(OCC(F)F)c(NC2=CC(=O)N(CCO)C2=O)c1. The Bertz CT molecular complexity index is 735. The molecule has 0 saturated carbocycles. The monoisotopic (exact) mass is 356 g/mol. The Morgan fingerprint density at radius 2 is 2.04 bits per heavy atom. The van der Waals surface area contributed by atoms with E-state index < -0.39 is 37.4 Å². The Labute approximate surface area is 140 Å². The minimum Gasteiger partial charge on any atom is -0.485 e. The molecule has 0 saturated heterocycles. The van der Waals surface area contributed by atoms with Crippen molar-refractivity contribution in [2.75, 3.05) is 25.1 Å². The Hall–Kier alpha value is -3.01. The number of anilines is 1. The number of halogens is 2. The van der Waals surface area contributed by atoms with Gasteiger partial charge in [-0.3, -0.25) is 14.5 Å². The maximum absolute atomic E-state index is 12.3. The second-order valence-electron chi connectivity index (χ2n) is 4.92. The number of hydrogen-bond acceptors (Lipinski definition) is 6. The summed E-state index contributed by atoms with van der Waals surface area (Å²) >= 11 is 0. The zero-order valence-electron chi connectivity index (χ0n) is 12.7. The first-order valence-corrected chi connectivity index (χ1v) is 7.07. The number of ether oxygens (including phenoxy) is 1. The molecule has 0 aromatic heterocycles. The van der Waals surface area contributed by atoms with E-state index in [2.05, 4.69) is 5.32 Å². The van der Waals surface area contributed by atoms with Crippen LogP contribution < -0.4 is 10.1 Å². The quantitative estimate of drug-likeness (QED) is 0.587. The van der Waals surface area contributed by atoms with Crippen LogP contribution in [0.25, 0.3) is 0 Å². The number of nitrogens with one attached hydrogen (secondary N) is 1. The first-order valence-electron chi connectivity index (χ1n) is 7.07. The van der Waals surface area contributed by atoms with Gasteiger partial charge in [-0.25, -0.2) is 13.6 Å². The van der Waals surface area contributed by atoms with Crippen molar-refractivity contribution < 1.29 is 38.1 Å². The topological polar surface area (TPSA) is 116 Å². The number of imide groups is 1. The Kier molecular flexibility index (Phi) is 5.65. The highest BCUT2D eigenvalue weighted by Gasteiger charge is 2.31. The van der Waals surface area contributed by atoms with Crippen molar-refractivity contribution in [2.24, 2.45) is 0 Å². The molecule has 0 unspecified atom stereocenters. The number of aromatic carboxylic acids is 1. The number of carboxylic acids is 1. The molecule has 1 aliphatic heterocycles. The van der Waals surface area contributed by atoms with E-state index in [1.165, 1.54) is 6.07 Å². The van der Waals surface area contributed by atoms with Gasteiger partial charge in [-0.2, -0.15) is 0 Å². The molecule has 0 fully saturated rings. The number of carbonyl (C=O) groups excluding carboxylic acids is 2. The third kappa shape index (κ3) is 4.29. The predicted octanol–water partition coefficient (Wildman–Crippen LogP) is 0.686. The fraction of sp³-hybridized carbons (Fsp3) is 0.267. The Morgan fingerprint density at radius 3 is 2.64 bits per heavy atom. The number of alkyl halides is 2. The highest BCUT2D eigenvalue weighted by molar-refractivity contribution is 6.17. The number of aliphatic hydroxyl groups is 1. The van der Waals surface area contributed by atoms with Gasteiger partial charge < -0.3 is 20.3 Å². The third-order valence-electron chi connectivity index (χ3n) is 3.19. The molecule has 3 N–H and O–H groups in total. The molecule has 0 aliphatic carbocycles. The standard InChI is InChI=1S/C15H14F2N2O6/c16-12(17)7-25-11-2-1-8(15(23)24)5-9(11)18-10-6-13(21)19(3-4-20)14(10)22/h1-2,5-6,12,18,20H,3-4,7H2,(H,23,24). The Morgan fingerprint density at radius 1 is 1.32 bits per heavy atom. The summed E-state index contributed by atoms with van der Waals surface area (Å²) in [4.78, 5) is 35.6. The molecule has 2 amide bonds. The van der Waals surface area contributed by atoms with E-state index in [1.54, 1.807) is 0 Å². The van der Waals surface area contributed by atoms with Crippen LogP contribution in [0.2, 0.25) is 0 Å². The molecule has 25 heavy (non-hydrogen) atoms. The summed E-state index contributed by atoms with van der Waals surface area (Å²) < 4.78 is 29.6. The van der Waals surface area contributed by atoms with Gasteiger partial charge in [-0.15, -0.1) is 0 Å². The summed E-state index contributed by atoms with van der Waals surface area (Å²) in [5, 5.41) is 20.4. The molecule has 2 rings (SSSR count). The van der Waals surface area contributed by atoms with Gasteiger partial charge in [0.2, 0.25) is 0 Å². The molecule has 8 nitrogen and oxygen atoms in total. The zero-order valence-corrected chi connectivity index (χ0v) is 12.7. The van der Waals surface area contributed by atoms with Crippen molar-refractivity contribution in [3.8, 4) is 5.75 Å². The highest BCUT2D eigenvalue weighted by atomic mass is 19.3. The lowest BCUT2D eigenvalue weighted by molar-refractivity contribution is -0.137. The number of nitrogens with zero attached hydrogens (tertiary/aromatic N) is 1. The molecule has 0 radical (unpaired) electrons. The number of β-amino-alcohol motifs (C(OH)–C–C–N with tert-alkyl or cyclic N) is 1. The average Bonchev–Trinajstić information content (AvgIpc) is 2.81. The second kappa shape index (κ2) is 7.71. The number of carboxylic acid groups (broad SMARTS) is 1. The van der Waals surface area contributed by atoms with E-state index >= 15 is 0 Å². The summed E-state index contributed by atoms with van der Waals surface area (Å²) in [7, 11) is 0. The van der Waals surface area contributed by atoms with E-state index in [0.29, 0.717) is 0 Å². The van der Waals surface area contributed by atoms with Gasteiger partial charge in [0, 0.05) is 6.08 Å². The van der Waals surface area contributed by atoms with E-state index in [9.17, 15) is 23.2 Å². The maximum atomic E-state index is 12.3. The lowest BCUT2D eigenvalue weighted by Gasteiger charge is -2.16. The summed E-state index contributed by atoms with van der Waals surface area (Å²) in [6, 6.07) is 3.42. The fourth-order valence-electron chi connectivity index (χ4n) is 2.09. The molecule has 0 bridgehead atoms. The van der Waals surface area contributed by atoms with E-state index in [1.807, 2.05) is 0 Å². The van der Waals surface area contributed by atoms with Crippen molar-refractivity contribution in [2.45, 2.75) is 6.43 Å². The largest absolute Gasteiger partial charge is 0.485 e. The summed E-state index contributed by atoms with van der Waals surface area (Å²) in [5.74, 6) is -2.77. The summed E-state index contributed by atoms with van der Waals surface area (Å²) in [5.41, 5.74) is -0.418. The lowest BCUT2D eigenvalue weighted by atomic mass is 10.2. The van der Waals surface area contributed by atoms with Crippen LogP contribution >= 0.6 is 0 Å². The van der Waals surface area contributed by atoms with Gasteiger partial charge in [0.1, 0.15) is 18.1 Å². The molecular weight excluding hydrogens is 342 g/mol. The molecule has 0 atom stereocenters. The molecule has 0 spiro atoms. The van der Waals surface area contributed by atoms with Crippen molar-refractivity contribution in [1.29, 1.82) is 0 Å². The lowest BCUT2D eigenvalue weighted by Crippen LogP contribution is -2.34. The maximum Gasteiger partial charge on any atom is 0.335 e. The first-order chi connectivity index (χ1) is 11.8. The predicted molar refractivity (Wildman–Crippen MR) is 80.4 cm³/mol. The number of aliphatic hydroxyl groups excluding tert-OH is 1. The summed E-state index contributed by atoms with van der Waals surface area (Å²) in [6.45, 7) is -1.55. The molecule has 10 heteroatoms. The molecular formula is C15H14F2N2O6. The minimum atomic E-state index is -2.75. The number of benzene rings is 1. The van der Waals surface area contributed by atoms with Gasteiger partial charge >= 0.3 is 5.97 Å². The number of carbonyl (C=O) groups is 3. The van der Waals surface area contributed by atoms with Crippen molar-refractivity contribution in [1.82, 2.24) is 4.90 Å². The van der Waals surface area contributed by atoms with Crippen LogP contribution in [0.5, 0.6) is 5.75 Å². The number of rotatable bonds is 8. The minimum absolute atomic E-state index is 0.0567. The van der Waals surface area contributed by atoms with Crippen molar-refractivity contribution >= 4 is 23.5 Å². The normalized spacial score (nSPS) is 14.1. The Balaban J connectivity index is 2.28. The second-order valence-corrected chi connectivity index (χ2v) is 4.92. The first kappa shape index (κ1) is 18.3. The van der Waals surface area contributed by atoms with E-state index in [4.69, 9.17) is 14.9 Å². The number of hydrogen-bond donors (Lipinski definition) is 3.